The van der Waals surface area contributed by atoms with Gasteiger partial charge in [0.2, 0.25) is 0 Å². The van der Waals surface area contributed by atoms with Crippen LogP contribution in [0.1, 0.15) is 38.5 Å². The summed E-state index contributed by atoms with van der Waals surface area (Å²) in [5.41, 5.74) is 0. The summed E-state index contributed by atoms with van der Waals surface area (Å²) in [5, 5.41) is 3.37. The highest BCUT2D eigenvalue weighted by Gasteiger charge is 2.36. The molecular formula is C15H22FN3. The summed E-state index contributed by atoms with van der Waals surface area (Å²) in [4.78, 5) is 6.74. The average Bonchev–Trinajstić information content (AvgIpc) is 3.27. The van der Waals surface area contributed by atoms with Crippen molar-refractivity contribution < 1.29 is 4.39 Å². The Morgan fingerprint density at radius 1 is 1.11 bits per heavy atom. The van der Waals surface area contributed by atoms with Gasteiger partial charge in [0.05, 0.1) is 6.20 Å². The topological polar surface area (TPSA) is 28.2 Å². The van der Waals surface area contributed by atoms with Gasteiger partial charge in [-0.2, -0.15) is 0 Å². The van der Waals surface area contributed by atoms with Gasteiger partial charge in [0.15, 0.2) is 0 Å². The molecule has 0 spiro atoms. The van der Waals surface area contributed by atoms with Crippen molar-refractivity contribution in [2.45, 2.75) is 56.7 Å². The molecule has 0 aromatic carbocycles. The van der Waals surface area contributed by atoms with Crippen molar-refractivity contribution in [3.63, 3.8) is 0 Å². The predicted molar refractivity (Wildman–Crippen MR) is 74.8 cm³/mol. The molecule has 0 aliphatic heterocycles. The first-order valence-electron chi connectivity index (χ1n) is 7.35. The maximum atomic E-state index is 13.0. The Hall–Kier alpha value is -1.16. The number of hydrogen-bond acceptors (Lipinski definition) is 3. The van der Waals surface area contributed by atoms with Crippen molar-refractivity contribution in [2.75, 3.05) is 11.9 Å². The van der Waals surface area contributed by atoms with Crippen LogP contribution in [-0.2, 0) is 0 Å². The van der Waals surface area contributed by atoms with E-state index in [0.29, 0.717) is 18.1 Å². The molecule has 0 saturated heterocycles. The molecule has 19 heavy (non-hydrogen) atoms. The van der Waals surface area contributed by atoms with Gasteiger partial charge in [-0.3, -0.25) is 0 Å². The van der Waals surface area contributed by atoms with Crippen molar-refractivity contribution in [1.82, 2.24) is 10.3 Å². The van der Waals surface area contributed by atoms with Crippen molar-refractivity contribution in [2.24, 2.45) is 0 Å². The predicted octanol–water partition coefficient (Wildman–Crippen LogP) is 2.72. The minimum absolute atomic E-state index is 0.251. The fourth-order valence-electron chi connectivity index (χ4n) is 3.19. The van der Waals surface area contributed by atoms with Crippen LogP contribution < -0.4 is 10.2 Å². The van der Waals surface area contributed by atoms with Crippen LogP contribution in [0.5, 0.6) is 0 Å². The molecule has 0 atom stereocenters. The van der Waals surface area contributed by atoms with E-state index in [-0.39, 0.29) is 5.82 Å². The molecule has 4 heteroatoms. The van der Waals surface area contributed by atoms with Crippen molar-refractivity contribution in [1.29, 1.82) is 0 Å². The smallest absolute Gasteiger partial charge is 0.141 e. The van der Waals surface area contributed by atoms with Crippen molar-refractivity contribution >= 4 is 5.82 Å². The molecule has 3 rings (SSSR count). The monoisotopic (exact) mass is 263 g/mol. The molecule has 1 aromatic rings. The van der Waals surface area contributed by atoms with E-state index in [9.17, 15) is 4.39 Å². The SMILES string of the molecule is CNC1CCC(N(c2ccc(F)cn2)C2CC2)CC1. The van der Waals surface area contributed by atoms with E-state index in [2.05, 4.69) is 15.2 Å². The zero-order chi connectivity index (χ0) is 13.2. The molecule has 2 aliphatic carbocycles. The van der Waals surface area contributed by atoms with Gasteiger partial charge >= 0.3 is 0 Å². The Kier molecular flexibility index (Phi) is 3.69. The molecule has 1 heterocycles. The van der Waals surface area contributed by atoms with Gasteiger partial charge in [0, 0.05) is 18.1 Å². The molecule has 0 radical (unpaired) electrons. The van der Waals surface area contributed by atoms with Gasteiger partial charge in [0.25, 0.3) is 0 Å². The highest BCUT2D eigenvalue weighted by molar-refractivity contribution is 5.42. The summed E-state index contributed by atoms with van der Waals surface area (Å²) >= 11 is 0. The summed E-state index contributed by atoms with van der Waals surface area (Å²) in [6, 6.07) is 5.23. The van der Waals surface area contributed by atoms with Crippen LogP contribution in [0.3, 0.4) is 0 Å². The summed E-state index contributed by atoms with van der Waals surface area (Å²) < 4.78 is 13.0. The van der Waals surface area contributed by atoms with Crippen molar-refractivity contribution in [3.8, 4) is 0 Å². The lowest BCUT2D eigenvalue weighted by Crippen LogP contribution is -2.43. The number of rotatable bonds is 4. The zero-order valence-electron chi connectivity index (χ0n) is 11.5. The highest BCUT2D eigenvalue weighted by Crippen LogP contribution is 2.36. The molecule has 1 aromatic heterocycles. The van der Waals surface area contributed by atoms with Crippen LogP contribution in [0.2, 0.25) is 0 Å². The van der Waals surface area contributed by atoms with Crippen LogP contribution in [0.4, 0.5) is 10.2 Å². The maximum absolute atomic E-state index is 13.0. The van der Waals surface area contributed by atoms with E-state index in [4.69, 9.17) is 0 Å². The Bertz CT molecular complexity index is 408. The first kappa shape index (κ1) is 12.9. The lowest BCUT2D eigenvalue weighted by molar-refractivity contribution is 0.342. The molecule has 2 fully saturated rings. The fraction of sp³-hybridized carbons (Fsp3) is 0.667. The van der Waals surface area contributed by atoms with Gasteiger partial charge in [-0.15, -0.1) is 0 Å². The molecule has 0 amide bonds. The summed E-state index contributed by atoms with van der Waals surface area (Å²) in [7, 11) is 2.05. The average molecular weight is 263 g/mol. The normalized spacial score (nSPS) is 27.3. The van der Waals surface area contributed by atoms with Gasteiger partial charge < -0.3 is 10.2 Å². The number of nitrogens with zero attached hydrogens (tertiary/aromatic N) is 2. The quantitative estimate of drug-likeness (QED) is 0.905. The van der Waals surface area contributed by atoms with Gasteiger partial charge in [-0.25, -0.2) is 9.37 Å². The molecule has 3 nitrogen and oxygen atoms in total. The largest absolute Gasteiger partial charge is 0.351 e. The third-order valence-corrected chi connectivity index (χ3v) is 4.41. The second kappa shape index (κ2) is 5.45. The number of pyridine rings is 1. The number of hydrogen-bond donors (Lipinski definition) is 1. The summed E-state index contributed by atoms with van der Waals surface area (Å²) in [6.45, 7) is 0. The molecule has 0 bridgehead atoms. The second-order valence-corrected chi connectivity index (χ2v) is 5.77. The minimum atomic E-state index is -0.251. The van der Waals surface area contributed by atoms with E-state index < -0.39 is 0 Å². The van der Waals surface area contributed by atoms with E-state index in [1.54, 1.807) is 0 Å². The first-order valence-corrected chi connectivity index (χ1v) is 7.35. The molecular weight excluding hydrogens is 241 g/mol. The number of aromatic nitrogens is 1. The third kappa shape index (κ3) is 2.89. The Balaban J connectivity index is 1.73. The molecule has 1 N–H and O–H groups in total. The van der Waals surface area contributed by atoms with Gasteiger partial charge in [-0.05, 0) is 57.7 Å². The van der Waals surface area contributed by atoms with Crippen LogP contribution in [-0.4, -0.2) is 30.2 Å². The molecule has 2 saturated carbocycles. The molecule has 0 unspecified atom stereocenters. The lowest BCUT2D eigenvalue weighted by Gasteiger charge is -2.38. The van der Waals surface area contributed by atoms with E-state index >= 15 is 0 Å². The molecule has 104 valence electrons. The maximum Gasteiger partial charge on any atom is 0.141 e. The summed E-state index contributed by atoms with van der Waals surface area (Å²) in [5.74, 6) is 0.704. The van der Waals surface area contributed by atoms with Crippen LogP contribution in [0, 0.1) is 5.82 Å². The highest BCUT2D eigenvalue weighted by atomic mass is 19.1. The Morgan fingerprint density at radius 3 is 2.21 bits per heavy atom. The summed E-state index contributed by atoms with van der Waals surface area (Å²) in [6.07, 6.45) is 8.72. The van der Waals surface area contributed by atoms with Crippen LogP contribution >= 0.6 is 0 Å². The van der Waals surface area contributed by atoms with Crippen LogP contribution in [0.25, 0.3) is 0 Å². The van der Waals surface area contributed by atoms with E-state index in [0.717, 1.165) is 5.82 Å². The number of nitrogens with one attached hydrogen (secondary N) is 1. The zero-order valence-corrected chi connectivity index (χ0v) is 11.5. The lowest BCUT2D eigenvalue weighted by atomic mass is 9.90. The van der Waals surface area contributed by atoms with Crippen molar-refractivity contribution in [3.05, 3.63) is 24.1 Å². The van der Waals surface area contributed by atoms with E-state index in [1.165, 1.54) is 50.8 Å². The standard InChI is InChI=1S/C15H22FN3/c1-17-12-3-5-13(6-4-12)19(14-7-8-14)15-9-2-11(16)10-18-15/h2,9-10,12-14,17H,3-8H2,1H3. The third-order valence-electron chi connectivity index (χ3n) is 4.41. The minimum Gasteiger partial charge on any atom is -0.351 e. The number of halogens is 1. The Labute approximate surface area is 114 Å². The van der Waals surface area contributed by atoms with Crippen LogP contribution in [0.15, 0.2) is 18.3 Å². The Morgan fingerprint density at radius 2 is 1.74 bits per heavy atom. The fourth-order valence-corrected chi connectivity index (χ4v) is 3.19. The first-order chi connectivity index (χ1) is 9.28. The molecule has 2 aliphatic rings. The van der Waals surface area contributed by atoms with Gasteiger partial charge in [0.1, 0.15) is 11.6 Å². The van der Waals surface area contributed by atoms with Gasteiger partial charge in [-0.1, -0.05) is 0 Å². The van der Waals surface area contributed by atoms with E-state index in [1.807, 2.05) is 13.1 Å². The number of anilines is 1. The second-order valence-electron chi connectivity index (χ2n) is 5.77.